The molecule has 0 amide bonds. The topological polar surface area (TPSA) is 39.2 Å². The molecule has 0 aromatic carbocycles. The van der Waals surface area contributed by atoms with Gasteiger partial charge >= 0.3 is 0 Å². The van der Waals surface area contributed by atoms with Crippen molar-refractivity contribution < 1.29 is 9.53 Å². The highest BCUT2D eigenvalue weighted by atomic mass is 16.5. The minimum Gasteiger partial charge on any atom is -0.480 e. The number of methoxy groups -OCH3 is 1. The molecule has 1 aromatic heterocycles. The third kappa shape index (κ3) is 3.05. The van der Waals surface area contributed by atoms with E-state index in [2.05, 4.69) is 18.8 Å². The van der Waals surface area contributed by atoms with Gasteiger partial charge in [-0.25, -0.2) is 4.98 Å². The van der Waals surface area contributed by atoms with E-state index in [-0.39, 0.29) is 5.78 Å². The van der Waals surface area contributed by atoms with Crippen LogP contribution in [0.25, 0.3) is 0 Å². The largest absolute Gasteiger partial charge is 0.480 e. The summed E-state index contributed by atoms with van der Waals surface area (Å²) in [7, 11) is 1.53. The maximum atomic E-state index is 11.9. The van der Waals surface area contributed by atoms with Gasteiger partial charge in [-0.1, -0.05) is 20.3 Å². The number of hydrogen-bond donors (Lipinski definition) is 0. The molecule has 3 heteroatoms. The first-order valence-electron chi connectivity index (χ1n) is 5.21. The second kappa shape index (κ2) is 5.49. The van der Waals surface area contributed by atoms with Gasteiger partial charge in [-0.05, 0) is 18.1 Å². The van der Waals surface area contributed by atoms with Gasteiger partial charge in [0.15, 0.2) is 5.78 Å². The molecule has 82 valence electrons. The van der Waals surface area contributed by atoms with Crippen molar-refractivity contribution in [3.8, 4) is 5.88 Å². The first kappa shape index (κ1) is 11.7. The Kier molecular flexibility index (Phi) is 4.28. The number of rotatable bonds is 5. The van der Waals surface area contributed by atoms with Crippen LogP contribution in [0.5, 0.6) is 5.88 Å². The molecule has 1 unspecified atom stereocenters. The molecule has 15 heavy (non-hydrogen) atoms. The highest BCUT2D eigenvalue weighted by Gasteiger charge is 2.14. The van der Waals surface area contributed by atoms with E-state index in [4.69, 9.17) is 4.74 Å². The molecule has 0 saturated heterocycles. The fourth-order valence-corrected chi connectivity index (χ4v) is 1.34. The Morgan fingerprint density at radius 1 is 1.60 bits per heavy atom. The van der Waals surface area contributed by atoms with E-state index in [1.165, 1.54) is 7.11 Å². The molecule has 0 bridgehead atoms. The van der Waals surface area contributed by atoms with Gasteiger partial charge in [-0.15, -0.1) is 0 Å². The van der Waals surface area contributed by atoms with E-state index in [9.17, 15) is 4.79 Å². The summed E-state index contributed by atoms with van der Waals surface area (Å²) in [6.07, 6.45) is 3.19. The Morgan fingerprint density at radius 2 is 2.33 bits per heavy atom. The number of aromatic nitrogens is 1. The van der Waals surface area contributed by atoms with E-state index < -0.39 is 0 Å². The maximum absolute atomic E-state index is 11.9. The van der Waals surface area contributed by atoms with Crippen molar-refractivity contribution in [2.24, 2.45) is 5.92 Å². The second-order valence-corrected chi connectivity index (χ2v) is 3.70. The van der Waals surface area contributed by atoms with Gasteiger partial charge in [0.1, 0.15) is 0 Å². The van der Waals surface area contributed by atoms with Crippen molar-refractivity contribution in [3.63, 3.8) is 0 Å². The number of nitrogens with zero attached hydrogens (tertiary/aromatic N) is 1. The van der Waals surface area contributed by atoms with Crippen molar-refractivity contribution in [1.82, 2.24) is 4.98 Å². The lowest BCUT2D eigenvalue weighted by Crippen LogP contribution is -2.07. The highest BCUT2D eigenvalue weighted by molar-refractivity contribution is 5.98. The predicted molar refractivity (Wildman–Crippen MR) is 59.2 cm³/mol. The van der Waals surface area contributed by atoms with Gasteiger partial charge in [0.05, 0.1) is 12.7 Å². The molecular formula is C12H17NO2. The van der Waals surface area contributed by atoms with Crippen LogP contribution in [-0.4, -0.2) is 17.9 Å². The monoisotopic (exact) mass is 207 g/mol. The zero-order chi connectivity index (χ0) is 11.3. The van der Waals surface area contributed by atoms with Crippen LogP contribution in [0.2, 0.25) is 0 Å². The highest BCUT2D eigenvalue weighted by Crippen LogP contribution is 2.19. The Labute approximate surface area is 90.5 Å². The smallest absolute Gasteiger partial charge is 0.224 e. The molecule has 0 aliphatic heterocycles. The number of hydrogen-bond acceptors (Lipinski definition) is 3. The Morgan fingerprint density at radius 3 is 2.93 bits per heavy atom. The Hall–Kier alpha value is -1.38. The van der Waals surface area contributed by atoms with Gasteiger partial charge in [-0.3, -0.25) is 4.79 Å². The Bertz CT molecular complexity index is 336. The third-order valence-corrected chi connectivity index (χ3v) is 2.50. The molecule has 0 aliphatic rings. The molecule has 0 saturated carbocycles. The molecule has 1 heterocycles. The molecule has 0 radical (unpaired) electrons. The molecule has 0 aliphatic carbocycles. The summed E-state index contributed by atoms with van der Waals surface area (Å²) in [4.78, 5) is 15.9. The molecule has 0 N–H and O–H groups in total. The van der Waals surface area contributed by atoms with Crippen molar-refractivity contribution in [1.29, 1.82) is 0 Å². The predicted octanol–water partition coefficient (Wildman–Crippen LogP) is 2.71. The van der Waals surface area contributed by atoms with Gasteiger partial charge in [0, 0.05) is 12.6 Å². The van der Waals surface area contributed by atoms with Crippen LogP contribution in [-0.2, 0) is 0 Å². The lowest BCUT2D eigenvalue weighted by Gasteiger charge is -2.09. The minimum absolute atomic E-state index is 0.106. The quantitative estimate of drug-likeness (QED) is 0.697. The maximum Gasteiger partial charge on any atom is 0.224 e. The van der Waals surface area contributed by atoms with Crippen molar-refractivity contribution in [3.05, 3.63) is 23.9 Å². The summed E-state index contributed by atoms with van der Waals surface area (Å²) in [6.45, 7) is 4.15. The average molecular weight is 207 g/mol. The lowest BCUT2D eigenvalue weighted by atomic mass is 9.98. The van der Waals surface area contributed by atoms with E-state index in [1.54, 1.807) is 18.3 Å². The number of Topliss-reactive ketones (excluding diaryl/α,β-unsaturated/α-hetero) is 1. The van der Waals surface area contributed by atoms with Gasteiger partial charge in [0.2, 0.25) is 5.88 Å². The molecule has 3 nitrogen and oxygen atoms in total. The minimum atomic E-state index is 0.106. The fourth-order valence-electron chi connectivity index (χ4n) is 1.34. The zero-order valence-corrected chi connectivity index (χ0v) is 9.49. The number of pyridine rings is 1. The van der Waals surface area contributed by atoms with E-state index in [1.807, 2.05) is 0 Å². The summed E-state index contributed by atoms with van der Waals surface area (Å²) in [6, 6.07) is 3.52. The van der Waals surface area contributed by atoms with Crippen LogP contribution in [0.15, 0.2) is 18.3 Å². The van der Waals surface area contributed by atoms with Crippen LogP contribution in [0.4, 0.5) is 0 Å². The van der Waals surface area contributed by atoms with E-state index >= 15 is 0 Å². The number of ketones is 1. The zero-order valence-electron chi connectivity index (χ0n) is 9.49. The van der Waals surface area contributed by atoms with Crippen LogP contribution in [0, 0.1) is 5.92 Å². The standard InChI is InChI=1S/C12H17NO2/c1-4-9(2)8-11(14)10-6-5-7-13-12(10)15-3/h5-7,9H,4,8H2,1-3H3. The van der Waals surface area contributed by atoms with Crippen molar-refractivity contribution >= 4 is 5.78 Å². The summed E-state index contributed by atoms with van der Waals surface area (Å²) in [5, 5.41) is 0. The summed E-state index contributed by atoms with van der Waals surface area (Å²) in [5.41, 5.74) is 0.584. The average Bonchev–Trinajstić information content (AvgIpc) is 2.28. The molecule has 1 atom stereocenters. The Balaban J connectivity index is 2.81. The van der Waals surface area contributed by atoms with Gasteiger partial charge < -0.3 is 4.74 Å². The fraction of sp³-hybridized carbons (Fsp3) is 0.500. The van der Waals surface area contributed by atoms with Crippen LogP contribution in [0.3, 0.4) is 0 Å². The summed E-state index contributed by atoms with van der Waals surface area (Å²) < 4.78 is 5.05. The molecular weight excluding hydrogens is 190 g/mol. The number of ether oxygens (including phenoxy) is 1. The molecule has 0 spiro atoms. The second-order valence-electron chi connectivity index (χ2n) is 3.70. The first-order valence-corrected chi connectivity index (χ1v) is 5.21. The van der Waals surface area contributed by atoms with Gasteiger partial charge in [0.25, 0.3) is 0 Å². The molecule has 1 aromatic rings. The SMILES string of the molecule is CCC(C)CC(=O)c1cccnc1OC. The van der Waals surface area contributed by atoms with Crippen molar-refractivity contribution in [2.75, 3.05) is 7.11 Å². The third-order valence-electron chi connectivity index (χ3n) is 2.50. The molecule has 1 rings (SSSR count). The summed E-state index contributed by atoms with van der Waals surface area (Å²) in [5.74, 6) is 0.933. The normalized spacial score (nSPS) is 12.2. The number of carbonyl (C=O) groups is 1. The first-order chi connectivity index (χ1) is 7.19. The van der Waals surface area contributed by atoms with Crippen molar-refractivity contribution in [2.45, 2.75) is 26.7 Å². The lowest BCUT2D eigenvalue weighted by molar-refractivity contribution is 0.0960. The van der Waals surface area contributed by atoms with Crippen LogP contribution < -0.4 is 4.74 Å². The summed E-state index contributed by atoms with van der Waals surface area (Å²) >= 11 is 0. The van der Waals surface area contributed by atoms with Crippen LogP contribution >= 0.6 is 0 Å². The number of carbonyl (C=O) groups excluding carboxylic acids is 1. The van der Waals surface area contributed by atoms with Crippen LogP contribution in [0.1, 0.15) is 37.0 Å². The van der Waals surface area contributed by atoms with E-state index in [0.717, 1.165) is 6.42 Å². The van der Waals surface area contributed by atoms with E-state index in [0.29, 0.717) is 23.8 Å². The van der Waals surface area contributed by atoms with Gasteiger partial charge in [-0.2, -0.15) is 0 Å². The molecule has 0 fully saturated rings.